The van der Waals surface area contributed by atoms with Gasteiger partial charge in [-0.1, -0.05) is 42.5 Å². The maximum atomic E-state index is 13.2. The van der Waals surface area contributed by atoms with E-state index in [4.69, 9.17) is 0 Å². The molecule has 0 bridgehead atoms. The van der Waals surface area contributed by atoms with Crippen LogP contribution in [0.25, 0.3) is 0 Å². The quantitative estimate of drug-likeness (QED) is 0.856. The Labute approximate surface area is 161 Å². The largest absolute Gasteiger partial charge is 0.355 e. The lowest BCUT2D eigenvalue weighted by Gasteiger charge is -2.31. The van der Waals surface area contributed by atoms with Crippen molar-refractivity contribution in [1.29, 1.82) is 0 Å². The third-order valence-corrected chi connectivity index (χ3v) is 5.08. The minimum Gasteiger partial charge on any atom is -0.355 e. The average Bonchev–Trinajstić information content (AvgIpc) is 3.24. The number of benzene rings is 2. The summed E-state index contributed by atoms with van der Waals surface area (Å²) in [4.78, 5) is 29.0. The van der Waals surface area contributed by atoms with Crippen molar-refractivity contribution in [3.8, 4) is 0 Å². The summed E-state index contributed by atoms with van der Waals surface area (Å²) in [5.74, 6) is 0.0736. The van der Waals surface area contributed by atoms with Crippen LogP contribution in [0.5, 0.6) is 0 Å². The second-order valence-electron chi connectivity index (χ2n) is 7.04. The van der Waals surface area contributed by atoms with E-state index in [2.05, 4.69) is 10.2 Å². The molecule has 1 saturated heterocycles. The van der Waals surface area contributed by atoms with E-state index in [9.17, 15) is 9.59 Å². The predicted molar refractivity (Wildman–Crippen MR) is 106 cm³/mol. The van der Waals surface area contributed by atoms with Crippen LogP contribution in [0.2, 0.25) is 0 Å². The van der Waals surface area contributed by atoms with Crippen LogP contribution in [0.3, 0.4) is 0 Å². The van der Waals surface area contributed by atoms with Gasteiger partial charge in [0, 0.05) is 32.2 Å². The highest BCUT2D eigenvalue weighted by molar-refractivity contribution is 5.93. The Balaban J connectivity index is 1.79. The molecule has 1 N–H and O–H groups in total. The van der Waals surface area contributed by atoms with Crippen LogP contribution in [0.1, 0.15) is 40.4 Å². The molecular weight excluding hydrogens is 338 g/mol. The van der Waals surface area contributed by atoms with Gasteiger partial charge in [-0.05, 0) is 43.1 Å². The number of hydrogen-bond acceptors (Lipinski definition) is 3. The molecule has 2 aromatic carbocycles. The lowest BCUT2D eigenvalue weighted by atomic mass is 10.0. The zero-order chi connectivity index (χ0) is 19.2. The van der Waals surface area contributed by atoms with Gasteiger partial charge < -0.3 is 10.2 Å². The van der Waals surface area contributed by atoms with E-state index in [1.54, 1.807) is 7.05 Å². The van der Waals surface area contributed by atoms with Crippen molar-refractivity contribution < 1.29 is 9.59 Å². The van der Waals surface area contributed by atoms with Crippen LogP contribution in [0.4, 0.5) is 0 Å². The highest BCUT2D eigenvalue weighted by atomic mass is 16.2. The van der Waals surface area contributed by atoms with Gasteiger partial charge in [-0.15, -0.1) is 0 Å². The fourth-order valence-electron chi connectivity index (χ4n) is 3.62. The summed E-state index contributed by atoms with van der Waals surface area (Å²) in [6, 6.07) is 17.2. The van der Waals surface area contributed by atoms with E-state index in [-0.39, 0.29) is 17.9 Å². The first-order chi connectivity index (χ1) is 13.1. The van der Waals surface area contributed by atoms with Crippen LogP contribution in [-0.4, -0.2) is 48.8 Å². The highest BCUT2D eigenvalue weighted by Gasteiger charge is 2.30. The molecular formula is C22H27N3O2. The standard InChI is InChI=1S/C22H27N3O2/c1-23-21(26)19-12-10-17(11-13-19)16-24(2)20(18-8-4-3-5-9-18)22(27)25-14-6-7-15-25/h3-5,8-13,20H,6-7,14-16H2,1-2H3,(H,23,26). The van der Waals surface area contributed by atoms with Gasteiger partial charge in [-0.3, -0.25) is 14.5 Å². The number of carbonyl (C=O) groups is 2. The number of nitrogens with one attached hydrogen (secondary N) is 1. The zero-order valence-electron chi connectivity index (χ0n) is 16.0. The van der Waals surface area contributed by atoms with Gasteiger partial charge in [-0.25, -0.2) is 0 Å². The fourth-order valence-corrected chi connectivity index (χ4v) is 3.62. The molecule has 1 aliphatic rings. The molecule has 1 heterocycles. The topological polar surface area (TPSA) is 52.7 Å². The second-order valence-corrected chi connectivity index (χ2v) is 7.04. The summed E-state index contributed by atoms with van der Waals surface area (Å²) in [7, 11) is 3.61. The third kappa shape index (κ3) is 4.55. The molecule has 2 amide bonds. The average molecular weight is 365 g/mol. The molecule has 1 atom stereocenters. The van der Waals surface area contributed by atoms with Crippen molar-refractivity contribution in [2.45, 2.75) is 25.4 Å². The van der Waals surface area contributed by atoms with Gasteiger partial charge in [0.15, 0.2) is 0 Å². The van der Waals surface area contributed by atoms with Crippen molar-refractivity contribution in [2.24, 2.45) is 0 Å². The zero-order valence-corrected chi connectivity index (χ0v) is 16.0. The van der Waals surface area contributed by atoms with Gasteiger partial charge >= 0.3 is 0 Å². The fraction of sp³-hybridized carbons (Fsp3) is 0.364. The Morgan fingerprint density at radius 3 is 2.26 bits per heavy atom. The Hall–Kier alpha value is -2.66. The molecule has 0 spiro atoms. The van der Waals surface area contributed by atoms with Gasteiger partial charge in [0.2, 0.25) is 5.91 Å². The molecule has 3 rings (SSSR count). The van der Waals surface area contributed by atoms with Crippen molar-refractivity contribution in [3.05, 3.63) is 71.3 Å². The first-order valence-electron chi connectivity index (χ1n) is 9.45. The highest BCUT2D eigenvalue weighted by Crippen LogP contribution is 2.25. The summed E-state index contributed by atoms with van der Waals surface area (Å²) in [6.45, 7) is 2.32. The molecule has 0 saturated carbocycles. The molecule has 27 heavy (non-hydrogen) atoms. The van der Waals surface area contributed by atoms with Crippen LogP contribution in [-0.2, 0) is 11.3 Å². The summed E-state index contributed by atoms with van der Waals surface area (Å²) in [5, 5.41) is 2.63. The number of nitrogens with zero attached hydrogens (tertiary/aromatic N) is 2. The summed E-state index contributed by atoms with van der Waals surface area (Å²) < 4.78 is 0. The van der Waals surface area contributed by atoms with Gasteiger partial charge in [0.05, 0.1) is 0 Å². The Kier molecular flexibility index (Phi) is 6.24. The Morgan fingerprint density at radius 1 is 1.04 bits per heavy atom. The van der Waals surface area contributed by atoms with Crippen LogP contribution >= 0.6 is 0 Å². The number of rotatable bonds is 6. The summed E-state index contributed by atoms with van der Waals surface area (Å²) >= 11 is 0. The van der Waals surface area contributed by atoms with Crippen LogP contribution < -0.4 is 5.32 Å². The minimum atomic E-state index is -0.303. The van der Waals surface area contributed by atoms with Crippen LogP contribution in [0, 0.1) is 0 Å². The first kappa shape index (κ1) is 19.1. The molecule has 5 nitrogen and oxygen atoms in total. The molecule has 142 valence electrons. The van der Waals surface area contributed by atoms with Gasteiger partial charge in [0.1, 0.15) is 6.04 Å². The molecule has 2 aromatic rings. The summed E-state index contributed by atoms with van der Waals surface area (Å²) in [5.41, 5.74) is 2.72. The monoisotopic (exact) mass is 365 g/mol. The lowest BCUT2D eigenvalue weighted by Crippen LogP contribution is -2.40. The van der Waals surface area contributed by atoms with Crippen molar-refractivity contribution in [1.82, 2.24) is 15.1 Å². The molecule has 0 radical (unpaired) electrons. The summed E-state index contributed by atoms with van der Waals surface area (Å²) in [6.07, 6.45) is 2.16. The van der Waals surface area contributed by atoms with E-state index in [0.717, 1.165) is 37.1 Å². The Morgan fingerprint density at radius 2 is 1.67 bits per heavy atom. The first-order valence-corrected chi connectivity index (χ1v) is 9.45. The number of carbonyl (C=O) groups excluding carboxylic acids is 2. The van der Waals surface area contributed by atoms with E-state index >= 15 is 0 Å². The SMILES string of the molecule is CNC(=O)c1ccc(CN(C)C(C(=O)N2CCCC2)c2ccccc2)cc1. The lowest BCUT2D eigenvalue weighted by molar-refractivity contribution is -0.136. The second kappa shape index (κ2) is 8.82. The number of hydrogen-bond donors (Lipinski definition) is 1. The van der Waals surface area contributed by atoms with Gasteiger partial charge in [0.25, 0.3) is 5.91 Å². The number of likely N-dealkylation sites (tertiary alicyclic amines) is 1. The minimum absolute atomic E-state index is 0.0960. The van der Waals surface area contributed by atoms with E-state index in [1.807, 2.05) is 66.5 Å². The normalized spacial score (nSPS) is 15.0. The van der Waals surface area contributed by atoms with E-state index < -0.39 is 0 Å². The Bertz CT molecular complexity index is 768. The smallest absolute Gasteiger partial charge is 0.251 e. The molecule has 0 aromatic heterocycles. The molecule has 0 aliphatic carbocycles. The van der Waals surface area contributed by atoms with Crippen molar-refractivity contribution in [3.63, 3.8) is 0 Å². The third-order valence-electron chi connectivity index (χ3n) is 5.08. The molecule has 5 heteroatoms. The van der Waals surface area contributed by atoms with Crippen molar-refractivity contribution >= 4 is 11.8 Å². The molecule has 1 aliphatic heterocycles. The van der Waals surface area contributed by atoms with E-state index in [0.29, 0.717) is 12.1 Å². The van der Waals surface area contributed by atoms with Gasteiger partial charge in [-0.2, -0.15) is 0 Å². The van der Waals surface area contributed by atoms with Crippen molar-refractivity contribution in [2.75, 3.05) is 27.2 Å². The maximum absolute atomic E-state index is 13.2. The number of likely N-dealkylation sites (N-methyl/N-ethyl adjacent to an activating group) is 1. The van der Waals surface area contributed by atoms with E-state index in [1.165, 1.54) is 0 Å². The van der Waals surface area contributed by atoms with Crippen LogP contribution in [0.15, 0.2) is 54.6 Å². The molecule has 1 unspecified atom stereocenters. The maximum Gasteiger partial charge on any atom is 0.251 e. The molecule has 1 fully saturated rings. The number of amides is 2. The predicted octanol–water partition coefficient (Wildman–Crippen LogP) is 2.84.